The fraction of sp³-hybridized carbons (Fsp3) is 0.600. The van der Waals surface area contributed by atoms with Crippen molar-refractivity contribution in [1.82, 2.24) is 9.80 Å². The van der Waals surface area contributed by atoms with Crippen molar-refractivity contribution in [2.45, 2.75) is 57.2 Å². The van der Waals surface area contributed by atoms with E-state index < -0.39 is 5.54 Å². The number of hydrogen-bond acceptors (Lipinski definition) is 4. The van der Waals surface area contributed by atoms with Crippen LogP contribution in [0.25, 0.3) is 0 Å². The Morgan fingerprint density at radius 3 is 2.52 bits per heavy atom. The minimum absolute atomic E-state index is 0.000785. The Hall–Kier alpha value is -2.06. The van der Waals surface area contributed by atoms with Crippen molar-refractivity contribution in [2.75, 3.05) is 21.2 Å². The zero-order chi connectivity index (χ0) is 18.4. The van der Waals surface area contributed by atoms with Gasteiger partial charge < -0.3 is 9.64 Å². The molecule has 2 rings (SSSR count). The molecule has 1 aliphatic rings. The zero-order valence-electron chi connectivity index (χ0n) is 15.8. The molecule has 1 saturated carbocycles. The summed E-state index contributed by atoms with van der Waals surface area (Å²) in [6.07, 6.45) is 4.71. The first kappa shape index (κ1) is 19.3. The highest BCUT2D eigenvalue weighted by Crippen LogP contribution is 2.33. The number of amides is 1. The van der Waals surface area contributed by atoms with Crippen molar-refractivity contribution >= 4 is 5.91 Å². The highest BCUT2D eigenvalue weighted by atomic mass is 16.5. The van der Waals surface area contributed by atoms with Gasteiger partial charge in [-0.1, -0.05) is 37.5 Å². The van der Waals surface area contributed by atoms with Crippen LogP contribution < -0.4 is 4.74 Å². The van der Waals surface area contributed by atoms with Crippen molar-refractivity contribution in [2.24, 2.45) is 0 Å². The predicted octanol–water partition coefficient (Wildman–Crippen LogP) is 3.20. The lowest BCUT2D eigenvalue weighted by atomic mass is 9.81. The van der Waals surface area contributed by atoms with Crippen LogP contribution in [0.4, 0.5) is 0 Å². The smallest absolute Gasteiger partial charge is 0.240 e. The van der Waals surface area contributed by atoms with E-state index >= 15 is 0 Å². The Morgan fingerprint density at radius 1 is 1.28 bits per heavy atom. The number of carbonyl (C=O) groups is 1. The summed E-state index contributed by atoms with van der Waals surface area (Å²) in [6.45, 7) is 2.52. The van der Waals surface area contributed by atoms with E-state index in [4.69, 9.17) is 4.74 Å². The second-order valence-corrected chi connectivity index (χ2v) is 7.00. The summed E-state index contributed by atoms with van der Waals surface area (Å²) in [7, 11) is 5.37. The molecule has 1 aliphatic carbocycles. The van der Waals surface area contributed by atoms with Gasteiger partial charge >= 0.3 is 0 Å². The van der Waals surface area contributed by atoms with Crippen LogP contribution in [-0.2, 0) is 11.3 Å². The molecular weight excluding hydrogens is 314 g/mol. The number of nitrogens with zero attached hydrogens (tertiary/aromatic N) is 3. The number of nitriles is 1. The largest absolute Gasteiger partial charge is 0.496 e. The van der Waals surface area contributed by atoms with Gasteiger partial charge in [-0.3, -0.25) is 9.69 Å². The fourth-order valence-corrected chi connectivity index (χ4v) is 3.58. The molecule has 0 N–H and O–H groups in total. The van der Waals surface area contributed by atoms with Crippen LogP contribution in [0.1, 0.15) is 44.6 Å². The van der Waals surface area contributed by atoms with E-state index in [0.29, 0.717) is 6.54 Å². The molecule has 0 spiro atoms. The minimum Gasteiger partial charge on any atom is -0.496 e. The second kappa shape index (κ2) is 8.35. The molecule has 0 aromatic heterocycles. The molecule has 0 aliphatic heterocycles. The Morgan fingerprint density at radius 2 is 1.92 bits per heavy atom. The summed E-state index contributed by atoms with van der Waals surface area (Å²) < 4.78 is 5.40. The third-order valence-electron chi connectivity index (χ3n) is 5.49. The number of para-hydroxylation sites is 1. The highest BCUT2D eigenvalue weighted by Gasteiger charge is 2.40. The third kappa shape index (κ3) is 4.13. The monoisotopic (exact) mass is 343 g/mol. The molecule has 1 atom stereocenters. The molecule has 1 fully saturated rings. The van der Waals surface area contributed by atoms with Crippen molar-refractivity contribution in [1.29, 1.82) is 5.26 Å². The van der Waals surface area contributed by atoms with Gasteiger partial charge in [-0.05, 0) is 32.9 Å². The number of rotatable bonds is 6. The van der Waals surface area contributed by atoms with Crippen LogP contribution in [-0.4, -0.2) is 48.5 Å². The van der Waals surface area contributed by atoms with Gasteiger partial charge in [0, 0.05) is 19.2 Å². The summed E-state index contributed by atoms with van der Waals surface area (Å²) in [4.78, 5) is 16.7. The normalized spacial score (nSPS) is 17.6. The van der Waals surface area contributed by atoms with Gasteiger partial charge in [-0.15, -0.1) is 0 Å². The lowest BCUT2D eigenvalue weighted by Crippen LogP contribution is -2.55. The Bertz CT molecular complexity index is 632. The number of hydrogen-bond donors (Lipinski definition) is 0. The van der Waals surface area contributed by atoms with Crippen molar-refractivity contribution < 1.29 is 9.53 Å². The summed E-state index contributed by atoms with van der Waals surface area (Å²) in [5, 5.41) is 9.71. The van der Waals surface area contributed by atoms with Crippen molar-refractivity contribution in [3.63, 3.8) is 0 Å². The number of likely N-dealkylation sites (N-methyl/N-ethyl adjacent to an activating group) is 2. The Balaban J connectivity index is 2.09. The average molecular weight is 343 g/mol. The van der Waals surface area contributed by atoms with E-state index in [1.165, 1.54) is 0 Å². The molecule has 1 aromatic rings. The van der Waals surface area contributed by atoms with E-state index in [0.717, 1.165) is 43.4 Å². The molecule has 136 valence electrons. The number of carbonyl (C=O) groups excluding carboxylic acids is 1. The molecule has 1 amide bonds. The molecule has 1 aromatic carbocycles. The fourth-order valence-electron chi connectivity index (χ4n) is 3.58. The average Bonchev–Trinajstić information content (AvgIpc) is 2.67. The van der Waals surface area contributed by atoms with Crippen LogP contribution in [0.15, 0.2) is 24.3 Å². The van der Waals surface area contributed by atoms with Crippen LogP contribution in [0.2, 0.25) is 0 Å². The maximum atomic E-state index is 13.0. The van der Waals surface area contributed by atoms with Gasteiger partial charge in [0.1, 0.15) is 11.3 Å². The number of benzene rings is 1. The summed E-state index contributed by atoms with van der Waals surface area (Å²) >= 11 is 0. The van der Waals surface area contributed by atoms with E-state index in [1.54, 1.807) is 19.1 Å². The molecular formula is C20H29N3O2. The van der Waals surface area contributed by atoms with Crippen LogP contribution >= 0.6 is 0 Å². The molecule has 0 bridgehead atoms. The molecule has 25 heavy (non-hydrogen) atoms. The number of methoxy groups -OCH3 is 1. The minimum atomic E-state index is -0.644. The third-order valence-corrected chi connectivity index (χ3v) is 5.49. The first-order chi connectivity index (χ1) is 11.9. The molecule has 0 heterocycles. The first-order valence-electron chi connectivity index (χ1n) is 8.96. The van der Waals surface area contributed by atoms with Crippen molar-refractivity contribution in [3.8, 4) is 11.8 Å². The standard InChI is InChI=1S/C20H29N3O2/c1-16(22(2)14-17-10-6-7-11-18(17)25-4)19(24)23(3)20(15-21)12-8-5-9-13-20/h6-7,10-11,16H,5,8-9,12-14H2,1-4H3. The van der Waals surface area contributed by atoms with Gasteiger partial charge in [0.2, 0.25) is 5.91 Å². The number of ether oxygens (including phenoxy) is 1. The van der Waals surface area contributed by atoms with Gasteiger partial charge in [-0.2, -0.15) is 5.26 Å². The van der Waals surface area contributed by atoms with Crippen molar-refractivity contribution in [3.05, 3.63) is 29.8 Å². The van der Waals surface area contributed by atoms with Gasteiger partial charge in [-0.25, -0.2) is 0 Å². The lowest BCUT2D eigenvalue weighted by Gasteiger charge is -2.41. The molecule has 0 saturated heterocycles. The summed E-state index contributed by atoms with van der Waals surface area (Å²) in [6, 6.07) is 9.96. The molecule has 1 unspecified atom stereocenters. The van der Waals surface area contributed by atoms with E-state index in [2.05, 4.69) is 6.07 Å². The van der Waals surface area contributed by atoms with Gasteiger partial charge in [0.15, 0.2) is 0 Å². The quantitative estimate of drug-likeness (QED) is 0.796. The second-order valence-electron chi connectivity index (χ2n) is 7.00. The van der Waals surface area contributed by atoms with E-state index in [1.807, 2.05) is 43.1 Å². The highest BCUT2D eigenvalue weighted by molar-refractivity contribution is 5.82. The lowest BCUT2D eigenvalue weighted by molar-refractivity contribution is -0.139. The summed E-state index contributed by atoms with van der Waals surface area (Å²) in [5.41, 5.74) is 0.400. The van der Waals surface area contributed by atoms with E-state index in [9.17, 15) is 10.1 Å². The van der Waals surface area contributed by atoms with Crippen LogP contribution in [0.3, 0.4) is 0 Å². The van der Waals surface area contributed by atoms with Crippen LogP contribution in [0, 0.1) is 11.3 Å². The van der Waals surface area contributed by atoms with Gasteiger partial charge in [0.05, 0.1) is 19.2 Å². The maximum Gasteiger partial charge on any atom is 0.240 e. The SMILES string of the molecule is COc1ccccc1CN(C)C(C)C(=O)N(C)C1(C#N)CCCCC1. The topological polar surface area (TPSA) is 56.6 Å². The molecule has 5 heteroatoms. The molecule has 5 nitrogen and oxygen atoms in total. The summed E-state index contributed by atoms with van der Waals surface area (Å²) in [5.74, 6) is 0.823. The van der Waals surface area contributed by atoms with E-state index in [-0.39, 0.29) is 11.9 Å². The van der Waals surface area contributed by atoms with Crippen LogP contribution in [0.5, 0.6) is 5.75 Å². The zero-order valence-corrected chi connectivity index (χ0v) is 15.8. The van der Waals surface area contributed by atoms with Gasteiger partial charge in [0.25, 0.3) is 0 Å². The Kier molecular flexibility index (Phi) is 6.44. The first-order valence-corrected chi connectivity index (χ1v) is 8.96. The Labute approximate surface area is 151 Å². The molecule has 0 radical (unpaired) electrons. The predicted molar refractivity (Wildman–Crippen MR) is 98.1 cm³/mol. The maximum absolute atomic E-state index is 13.0.